The lowest BCUT2D eigenvalue weighted by Gasteiger charge is -2.05. The second kappa shape index (κ2) is 5.30. The molecule has 0 radical (unpaired) electrons. The van der Waals surface area contributed by atoms with Gasteiger partial charge in [-0.1, -0.05) is 23.7 Å². The maximum atomic E-state index is 11.9. The molecule has 100 valence electrons. The van der Waals surface area contributed by atoms with E-state index in [4.69, 9.17) is 16.3 Å². The van der Waals surface area contributed by atoms with Crippen LogP contribution in [0.1, 0.15) is 15.9 Å². The summed E-state index contributed by atoms with van der Waals surface area (Å²) in [5, 5.41) is 11.0. The number of rotatable bonds is 3. The predicted molar refractivity (Wildman–Crippen MR) is 74.5 cm³/mol. The molecule has 5 nitrogen and oxygen atoms in total. The number of carbonyl (C=O) groups excluding carboxylic acids is 1. The van der Waals surface area contributed by atoms with Gasteiger partial charge in [0.05, 0.1) is 5.56 Å². The summed E-state index contributed by atoms with van der Waals surface area (Å²) < 4.78 is 5.24. The summed E-state index contributed by atoms with van der Waals surface area (Å²) in [6, 6.07) is 12.1. The number of halogens is 1. The van der Waals surface area contributed by atoms with Crippen molar-refractivity contribution in [3.63, 3.8) is 0 Å². The Balaban J connectivity index is 1.71. The Bertz CT molecular complexity index is 770. The normalized spacial score (nSPS) is 10.7. The molecule has 0 atom stereocenters. The first-order chi connectivity index (χ1) is 9.72. The first-order valence-corrected chi connectivity index (χ1v) is 6.32. The van der Waals surface area contributed by atoms with E-state index in [9.17, 15) is 4.79 Å². The summed E-state index contributed by atoms with van der Waals surface area (Å²) in [6.07, 6.45) is 0. The van der Waals surface area contributed by atoms with Crippen LogP contribution in [0.25, 0.3) is 11.0 Å². The van der Waals surface area contributed by atoms with Crippen molar-refractivity contribution in [2.45, 2.75) is 6.61 Å². The van der Waals surface area contributed by atoms with Crippen molar-refractivity contribution in [2.75, 3.05) is 0 Å². The third kappa shape index (κ3) is 2.62. The quantitative estimate of drug-likeness (QED) is 0.752. The summed E-state index contributed by atoms with van der Waals surface area (Å²) in [4.78, 5) is 11.9. The van der Waals surface area contributed by atoms with Crippen LogP contribution in [0.3, 0.4) is 0 Å². The number of nitrogens with zero attached hydrogens (tertiary/aromatic N) is 2. The van der Waals surface area contributed by atoms with Crippen LogP contribution in [0.2, 0.25) is 5.02 Å². The van der Waals surface area contributed by atoms with Crippen LogP contribution in [-0.4, -0.2) is 21.4 Å². The lowest BCUT2D eigenvalue weighted by atomic mass is 10.2. The first kappa shape index (κ1) is 12.6. The minimum atomic E-state index is -0.409. The van der Waals surface area contributed by atoms with E-state index >= 15 is 0 Å². The van der Waals surface area contributed by atoms with Crippen molar-refractivity contribution in [2.24, 2.45) is 0 Å². The molecule has 3 rings (SSSR count). The van der Waals surface area contributed by atoms with Gasteiger partial charge in [0.2, 0.25) is 0 Å². The molecule has 0 fully saturated rings. The number of ether oxygens (including phenoxy) is 1. The van der Waals surface area contributed by atoms with Crippen molar-refractivity contribution >= 4 is 28.6 Å². The van der Waals surface area contributed by atoms with Crippen molar-refractivity contribution in [3.8, 4) is 0 Å². The Morgan fingerprint density at radius 3 is 2.85 bits per heavy atom. The predicted octanol–water partition coefficient (Wildman–Crippen LogP) is 2.97. The average Bonchev–Trinajstić information content (AvgIpc) is 2.92. The summed E-state index contributed by atoms with van der Waals surface area (Å²) in [6.45, 7) is 0.175. The third-order valence-corrected chi connectivity index (χ3v) is 3.05. The van der Waals surface area contributed by atoms with Crippen LogP contribution >= 0.6 is 11.6 Å². The number of aromatic amines is 1. The van der Waals surface area contributed by atoms with E-state index in [1.165, 1.54) is 0 Å². The van der Waals surface area contributed by atoms with E-state index in [2.05, 4.69) is 15.4 Å². The van der Waals surface area contributed by atoms with Crippen LogP contribution in [0, 0.1) is 0 Å². The zero-order valence-corrected chi connectivity index (χ0v) is 11.1. The highest BCUT2D eigenvalue weighted by atomic mass is 35.5. The number of H-pyrrole nitrogens is 1. The van der Waals surface area contributed by atoms with E-state index in [0.29, 0.717) is 10.6 Å². The maximum Gasteiger partial charge on any atom is 0.338 e. The standard InChI is InChI=1S/C14H10ClN3O2/c15-11-3-1-2-10(7-11)14(19)20-8-9-4-5-12-13(6-9)17-18-16-12/h1-7H,8H2,(H,16,17,18). The van der Waals surface area contributed by atoms with Gasteiger partial charge in [0.25, 0.3) is 0 Å². The summed E-state index contributed by atoms with van der Waals surface area (Å²) in [7, 11) is 0. The number of fused-ring (bicyclic) bond motifs is 1. The Morgan fingerprint density at radius 1 is 1.15 bits per heavy atom. The smallest absolute Gasteiger partial charge is 0.338 e. The number of esters is 1. The molecule has 0 amide bonds. The number of nitrogens with one attached hydrogen (secondary N) is 1. The molecule has 0 unspecified atom stereocenters. The largest absolute Gasteiger partial charge is 0.457 e. The van der Waals surface area contributed by atoms with Crippen LogP contribution in [0.15, 0.2) is 42.5 Å². The molecular formula is C14H10ClN3O2. The fourth-order valence-corrected chi connectivity index (χ4v) is 2.01. The van der Waals surface area contributed by atoms with E-state index in [1.54, 1.807) is 24.3 Å². The Hall–Kier alpha value is -2.40. The van der Waals surface area contributed by atoms with Crippen molar-refractivity contribution in [1.82, 2.24) is 15.4 Å². The number of carbonyl (C=O) groups is 1. The van der Waals surface area contributed by atoms with Gasteiger partial charge in [-0.25, -0.2) is 4.79 Å². The average molecular weight is 288 g/mol. The van der Waals surface area contributed by atoms with Gasteiger partial charge in [-0.3, -0.25) is 0 Å². The molecule has 0 aliphatic rings. The molecule has 2 aromatic carbocycles. The van der Waals surface area contributed by atoms with Gasteiger partial charge in [-0.15, -0.1) is 0 Å². The van der Waals surface area contributed by atoms with E-state index in [-0.39, 0.29) is 6.61 Å². The molecule has 0 bridgehead atoms. The van der Waals surface area contributed by atoms with E-state index < -0.39 is 5.97 Å². The molecule has 1 N–H and O–H groups in total. The van der Waals surface area contributed by atoms with Crippen LogP contribution in [0.4, 0.5) is 0 Å². The highest BCUT2D eigenvalue weighted by Crippen LogP contribution is 2.14. The minimum Gasteiger partial charge on any atom is -0.457 e. The summed E-state index contributed by atoms with van der Waals surface area (Å²) in [5.41, 5.74) is 2.79. The molecule has 0 aliphatic heterocycles. The van der Waals surface area contributed by atoms with Gasteiger partial charge in [-0.2, -0.15) is 15.4 Å². The Labute approximate surface area is 119 Å². The molecule has 6 heteroatoms. The van der Waals surface area contributed by atoms with E-state index in [0.717, 1.165) is 16.6 Å². The molecule has 1 heterocycles. The molecule has 0 saturated heterocycles. The fraction of sp³-hybridized carbons (Fsp3) is 0.0714. The van der Waals surface area contributed by atoms with Gasteiger partial charge in [0.1, 0.15) is 17.6 Å². The molecule has 20 heavy (non-hydrogen) atoms. The van der Waals surface area contributed by atoms with Crippen LogP contribution in [-0.2, 0) is 11.3 Å². The van der Waals surface area contributed by atoms with Gasteiger partial charge in [-0.05, 0) is 35.9 Å². The Morgan fingerprint density at radius 2 is 2.00 bits per heavy atom. The van der Waals surface area contributed by atoms with Crippen molar-refractivity contribution in [3.05, 3.63) is 58.6 Å². The second-order valence-corrected chi connectivity index (χ2v) is 4.67. The number of aromatic nitrogens is 3. The highest BCUT2D eigenvalue weighted by Gasteiger charge is 2.08. The summed E-state index contributed by atoms with van der Waals surface area (Å²) >= 11 is 5.83. The highest BCUT2D eigenvalue weighted by molar-refractivity contribution is 6.30. The number of benzene rings is 2. The molecule has 0 spiro atoms. The van der Waals surface area contributed by atoms with Crippen molar-refractivity contribution < 1.29 is 9.53 Å². The second-order valence-electron chi connectivity index (χ2n) is 4.23. The zero-order valence-electron chi connectivity index (χ0n) is 10.3. The monoisotopic (exact) mass is 287 g/mol. The SMILES string of the molecule is O=C(OCc1ccc2n[nH]nc2c1)c1cccc(Cl)c1. The number of hydrogen-bond acceptors (Lipinski definition) is 4. The molecule has 0 aliphatic carbocycles. The van der Waals surface area contributed by atoms with Gasteiger partial charge in [0, 0.05) is 5.02 Å². The third-order valence-electron chi connectivity index (χ3n) is 2.81. The molecule has 1 aromatic heterocycles. The summed E-state index contributed by atoms with van der Waals surface area (Å²) in [5.74, 6) is -0.409. The van der Waals surface area contributed by atoms with Gasteiger partial charge in [0.15, 0.2) is 0 Å². The lowest BCUT2D eigenvalue weighted by Crippen LogP contribution is -2.05. The molecule has 3 aromatic rings. The van der Waals surface area contributed by atoms with Gasteiger partial charge < -0.3 is 4.74 Å². The molecule has 0 saturated carbocycles. The fourth-order valence-electron chi connectivity index (χ4n) is 1.82. The zero-order chi connectivity index (χ0) is 13.9. The first-order valence-electron chi connectivity index (χ1n) is 5.94. The van der Waals surface area contributed by atoms with Crippen molar-refractivity contribution in [1.29, 1.82) is 0 Å². The van der Waals surface area contributed by atoms with Crippen LogP contribution in [0.5, 0.6) is 0 Å². The van der Waals surface area contributed by atoms with E-state index in [1.807, 2.05) is 18.2 Å². The maximum absolute atomic E-state index is 11.9. The Kier molecular flexibility index (Phi) is 3.35. The lowest BCUT2D eigenvalue weighted by molar-refractivity contribution is 0.0473. The van der Waals surface area contributed by atoms with Gasteiger partial charge >= 0.3 is 5.97 Å². The topological polar surface area (TPSA) is 67.9 Å². The molecular weight excluding hydrogens is 278 g/mol. The number of hydrogen-bond donors (Lipinski definition) is 1. The minimum absolute atomic E-state index is 0.175. The van der Waals surface area contributed by atoms with Crippen LogP contribution < -0.4 is 0 Å².